The summed E-state index contributed by atoms with van der Waals surface area (Å²) in [7, 11) is -3.39. The van der Waals surface area contributed by atoms with Crippen LogP contribution in [0.3, 0.4) is 0 Å². The van der Waals surface area contributed by atoms with Crippen LogP contribution in [-0.4, -0.2) is 57.1 Å². The Labute approximate surface area is 241 Å². The molecule has 1 aliphatic rings. The van der Waals surface area contributed by atoms with Crippen LogP contribution < -0.4 is 4.74 Å². The molecule has 0 aliphatic carbocycles. The van der Waals surface area contributed by atoms with Gasteiger partial charge in [-0.15, -0.1) is 15.9 Å². The van der Waals surface area contributed by atoms with Gasteiger partial charge in [0.15, 0.2) is 0 Å². The Hall–Kier alpha value is -3.51. The minimum atomic E-state index is -3.39. The van der Waals surface area contributed by atoms with E-state index in [9.17, 15) is 19.0 Å². The molecule has 11 heteroatoms. The molecule has 3 atom stereocenters. The Balaban J connectivity index is 1.58. The van der Waals surface area contributed by atoms with Gasteiger partial charge in [0.05, 0.1) is 18.0 Å². The lowest BCUT2D eigenvalue weighted by Crippen LogP contribution is -2.34. The van der Waals surface area contributed by atoms with Crippen LogP contribution >= 0.6 is 10.8 Å². The van der Waals surface area contributed by atoms with Crippen LogP contribution in [0.2, 0.25) is 0 Å². The fourth-order valence-electron chi connectivity index (χ4n) is 5.58. The van der Waals surface area contributed by atoms with Gasteiger partial charge in [0.2, 0.25) is 5.88 Å². The van der Waals surface area contributed by atoms with E-state index in [-0.39, 0.29) is 23.4 Å². The number of aliphatic carboxylic acids is 1. The highest BCUT2D eigenvalue weighted by Crippen LogP contribution is 2.57. The number of pyridine rings is 1. The highest BCUT2D eigenvalue weighted by Gasteiger charge is 2.36. The maximum Gasteiger partial charge on any atom is 0.307 e. The summed E-state index contributed by atoms with van der Waals surface area (Å²) in [6.07, 6.45) is 1.98. The largest absolute Gasteiger partial charge is 0.481 e. The summed E-state index contributed by atoms with van der Waals surface area (Å²) >= 11 is 0. The predicted octanol–water partition coefficient (Wildman–Crippen LogP) is 6.01. The molecule has 0 bridgehead atoms. The number of aryl methyl sites for hydroxylation is 3. The quantitative estimate of drug-likeness (QED) is 0.229. The molecule has 41 heavy (non-hydrogen) atoms. The van der Waals surface area contributed by atoms with Crippen LogP contribution in [0.25, 0.3) is 11.0 Å². The first-order chi connectivity index (χ1) is 19.6. The van der Waals surface area contributed by atoms with Gasteiger partial charge in [-0.25, -0.2) is 9.67 Å². The van der Waals surface area contributed by atoms with E-state index in [0.29, 0.717) is 19.5 Å². The van der Waals surface area contributed by atoms with E-state index in [0.717, 1.165) is 38.9 Å². The SMILES string of the molecule is CC[C@@H]1CN(Cc2cc([C@@H](c3ccc4c(nnn4CC)c3C)[C@@H](C)C(=O)O)ccc2C)S(O)(O)c2cccnc2O1. The van der Waals surface area contributed by atoms with Gasteiger partial charge in [0, 0.05) is 25.2 Å². The fraction of sp³-hybridized carbons (Fsp3) is 0.400. The smallest absolute Gasteiger partial charge is 0.307 e. The first-order valence-corrected chi connectivity index (χ1v) is 15.4. The lowest BCUT2D eigenvalue weighted by Gasteiger charge is -2.41. The minimum Gasteiger partial charge on any atom is -0.481 e. The topological polar surface area (TPSA) is 134 Å². The third kappa shape index (κ3) is 5.30. The van der Waals surface area contributed by atoms with Gasteiger partial charge in [-0.05, 0) is 73.2 Å². The molecule has 5 rings (SSSR count). The lowest BCUT2D eigenvalue weighted by atomic mass is 9.79. The molecule has 0 spiro atoms. The molecule has 3 N–H and O–H groups in total. The number of hydrogen-bond donors (Lipinski definition) is 3. The second-order valence-corrected chi connectivity index (χ2v) is 12.6. The van der Waals surface area contributed by atoms with Crippen molar-refractivity contribution in [2.45, 2.75) is 71.0 Å². The molecule has 0 saturated heterocycles. The summed E-state index contributed by atoms with van der Waals surface area (Å²) in [6, 6.07) is 13.2. The van der Waals surface area contributed by atoms with E-state index >= 15 is 0 Å². The molecule has 0 unspecified atom stereocenters. The van der Waals surface area contributed by atoms with Crippen molar-refractivity contribution in [2.24, 2.45) is 5.92 Å². The molecule has 3 heterocycles. The normalized spacial score (nSPS) is 19.1. The second kappa shape index (κ2) is 11.4. The average molecular weight is 580 g/mol. The van der Waals surface area contributed by atoms with Crippen molar-refractivity contribution in [3.8, 4) is 5.88 Å². The zero-order chi connectivity index (χ0) is 29.5. The zero-order valence-electron chi connectivity index (χ0n) is 24.0. The van der Waals surface area contributed by atoms with Crippen molar-refractivity contribution in [2.75, 3.05) is 6.54 Å². The van der Waals surface area contributed by atoms with E-state index in [1.807, 2.05) is 62.7 Å². The summed E-state index contributed by atoms with van der Waals surface area (Å²) in [4.78, 5) is 16.9. The number of benzene rings is 2. The van der Waals surface area contributed by atoms with Crippen molar-refractivity contribution < 1.29 is 23.7 Å². The molecule has 1 aliphatic heterocycles. The lowest BCUT2D eigenvalue weighted by molar-refractivity contribution is -0.141. The Morgan fingerprint density at radius 3 is 2.66 bits per heavy atom. The number of aromatic nitrogens is 4. The standard InChI is InChI=1S/C30H37N5O5S/c1-6-23-17-34(41(38,39)26-9-8-14-31-29(26)40-23)16-22-15-21(11-10-18(22)3)27(20(5)30(36)37)24-12-13-25-28(19(24)4)32-33-35(25)7-2/h8-15,20,23,27,38-39H,6-7,16-17H2,1-5H3,(H,36,37)/t20-,23-,27+/m1/s1. The average Bonchev–Trinajstić information content (AvgIpc) is 3.34. The molecular formula is C30H37N5O5S. The van der Waals surface area contributed by atoms with Crippen LogP contribution in [0.15, 0.2) is 53.6 Å². The molecule has 0 saturated carbocycles. The van der Waals surface area contributed by atoms with Crippen molar-refractivity contribution in [3.05, 3.63) is 76.5 Å². The maximum absolute atomic E-state index is 12.4. The van der Waals surface area contributed by atoms with E-state index in [2.05, 4.69) is 15.3 Å². The number of rotatable bonds is 8. The molecule has 0 amide bonds. The summed E-state index contributed by atoms with van der Waals surface area (Å²) in [5.41, 5.74) is 6.13. The first-order valence-electron chi connectivity index (χ1n) is 13.9. The van der Waals surface area contributed by atoms with Crippen LogP contribution in [0, 0.1) is 19.8 Å². The van der Waals surface area contributed by atoms with Gasteiger partial charge in [-0.3, -0.25) is 13.9 Å². The number of carboxylic acids is 1. The molecule has 4 aromatic rings. The summed E-state index contributed by atoms with van der Waals surface area (Å²) in [6.45, 7) is 10.9. The Morgan fingerprint density at radius 1 is 1.17 bits per heavy atom. The molecule has 10 nitrogen and oxygen atoms in total. The third-order valence-electron chi connectivity index (χ3n) is 8.12. The van der Waals surface area contributed by atoms with Gasteiger partial charge in [-0.2, -0.15) is 4.31 Å². The molecule has 2 aromatic heterocycles. The van der Waals surface area contributed by atoms with Gasteiger partial charge in [0.25, 0.3) is 0 Å². The molecule has 2 aromatic carbocycles. The van der Waals surface area contributed by atoms with Crippen molar-refractivity contribution in [1.29, 1.82) is 0 Å². The number of ether oxygens (including phenoxy) is 1. The molecule has 218 valence electrons. The van der Waals surface area contributed by atoms with Gasteiger partial charge in [0.1, 0.15) is 16.5 Å². The predicted molar refractivity (Wildman–Crippen MR) is 158 cm³/mol. The van der Waals surface area contributed by atoms with E-state index in [4.69, 9.17) is 4.74 Å². The number of carboxylic acid groups (broad SMARTS) is 1. The molecular weight excluding hydrogens is 542 g/mol. The number of fused-ring (bicyclic) bond motifs is 2. The Bertz CT molecular complexity index is 1590. The van der Waals surface area contributed by atoms with Crippen LogP contribution in [-0.2, 0) is 17.9 Å². The number of hydrogen-bond acceptors (Lipinski definition) is 8. The number of nitrogens with zero attached hydrogens (tertiary/aromatic N) is 5. The zero-order valence-corrected chi connectivity index (χ0v) is 24.8. The monoisotopic (exact) mass is 579 g/mol. The minimum absolute atomic E-state index is 0.243. The van der Waals surface area contributed by atoms with E-state index in [1.165, 1.54) is 0 Å². The molecule has 0 radical (unpaired) electrons. The highest BCUT2D eigenvalue weighted by atomic mass is 32.3. The van der Waals surface area contributed by atoms with Crippen LogP contribution in [0.5, 0.6) is 5.88 Å². The van der Waals surface area contributed by atoms with Gasteiger partial charge in [-0.1, -0.05) is 43.3 Å². The highest BCUT2D eigenvalue weighted by molar-refractivity contribution is 8.22. The van der Waals surface area contributed by atoms with E-state index < -0.39 is 28.6 Å². The molecule has 0 fully saturated rings. The number of carbonyl (C=O) groups is 1. The van der Waals surface area contributed by atoms with Gasteiger partial charge >= 0.3 is 5.97 Å². The van der Waals surface area contributed by atoms with Crippen LogP contribution in [0.1, 0.15) is 60.9 Å². The van der Waals surface area contributed by atoms with Crippen molar-refractivity contribution >= 4 is 27.8 Å². The second-order valence-electron chi connectivity index (χ2n) is 10.6. The van der Waals surface area contributed by atoms with Crippen molar-refractivity contribution in [3.63, 3.8) is 0 Å². The Morgan fingerprint density at radius 2 is 1.95 bits per heavy atom. The summed E-state index contributed by atoms with van der Waals surface area (Å²) in [5.74, 6) is -1.84. The third-order valence-corrected chi connectivity index (χ3v) is 10.0. The summed E-state index contributed by atoms with van der Waals surface area (Å²) < 4.78 is 32.5. The van der Waals surface area contributed by atoms with Gasteiger partial charge < -0.3 is 9.84 Å². The van der Waals surface area contributed by atoms with Crippen LogP contribution in [0.4, 0.5) is 0 Å². The fourth-order valence-corrected chi connectivity index (χ4v) is 7.15. The summed E-state index contributed by atoms with van der Waals surface area (Å²) in [5, 5.41) is 18.8. The first kappa shape index (κ1) is 29.0. The van der Waals surface area contributed by atoms with Crippen molar-refractivity contribution in [1.82, 2.24) is 24.3 Å². The Kier molecular flexibility index (Phi) is 8.06. The van der Waals surface area contributed by atoms with E-state index in [1.54, 1.807) is 29.6 Å². The maximum atomic E-state index is 12.4.